The molecule has 0 unspecified atom stereocenters. The zero-order chi connectivity index (χ0) is 20.2. The van der Waals surface area contributed by atoms with Crippen LogP contribution in [0.25, 0.3) is 0 Å². The SMILES string of the molecule is CC(=O)N[C@@H](Cc1ccccc1)C(=O)NCC(=O)NCC(=O)NCC(=O)O. The molecule has 1 atom stereocenters. The van der Waals surface area contributed by atoms with Gasteiger partial charge in [0.1, 0.15) is 12.6 Å². The van der Waals surface area contributed by atoms with Crippen molar-refractivity contribution in [3.63, 3.8) is 0 Å². The summed E-state index contributed by atoms with van der Waals surface area (Å²) < 4.78 is 0. The predicted octanol–water partition coefficient (Wildman–Crippen LogP) is -1.83. The van der Waals surface area contributed by atoms with Gasteiger partial charge in [0, 0.05) is 13.3 Å². The molecule has 0 spiro atoms. The Balaban J connectivity index is 2.45. The second-order valence-electron chi connectivity index (χ2n) is 5.61. The second-order valence-corrected chi connectivity index (χ2v) is 5.61. The summed E-state index contributed by atoms with van der Waals surface area (Å²) in [5, 5.41) is 17.7. The van der Waals surface area contributed by atoms with Crippen LogP contribution >= 0.6 is 0 Å². The van der Waals surface area contributed by atoms with Crippen LogP contribution in [0.5, 0.6) is 0 Å². The zero-order valence-corrected chi connectivity index (χ0v) is 14.8. The van der Waals surface area contributed by atoms with E-state index in [0.717, 1.165) is 5.56 Å². The van der Waals surface area contributed by atoms with Crippen LogP contribution in [0.15, 0.2) is 30.3 Å². The summed E-state index contributed by atoms with van der Waals surface area (Å²) in [4.78, 5) is 56.9. The average Bonchev–Trinajstić information content (AvgIpc) is 2.62. The Kier molecular flexibility index (Phi) is 8.99. The van der Waals surface area contributed by atoms with E-state index in [0.29, 0.717) is 0 Å². The molecule has 1 aromatic rings. The summed E-state index contributed by atoms with van der Waals surface area (Å²) in [6.07, 6.45) is 0.255. The smallest absolute Gasteiger partial charge is 0.322 e. The van der Waals surface area contributed by atoms with Crippen molar-refractivity contribution in [2.24, 2.45) is 0 Å². The molecule has 4 amide bonds. The molecule has 5 N–H and O–H groups in total. The summed E-state index contributed by atoms with van der Waals surface area (Å²) in [5.41, 5.74) is 0.839. The van der Waals surface area contributed by atoms with E-state index in [9.17, 15) is 24.0 Å². The third-order valence-electron chi connectivity index (χ3n) is 3.28. The Morgan fingerprint density at radius 3 is 2.00 bits per heavy atom. The standard InChI is InChI=1S/C17H22N4O6/c1-11(22)21-13(7-12-5-3-2-4-6-12)17(27)20-9-15(24)18-8-14(23)19-10-16(25)26/h2-6,13H,7-10H2,1H3,(H,18,24)(H,19,23)(H,20,27)(H,21,22)(H,25,26)/t13-/m0/s1. The van der Waals surface area contributed by atoms with Gasteiger partial charge in [0.05, 0.1) is 13.1 Å². The van der Waals surface area contributed by atoms with Crippen LogP contribution < -0.4 is 21.3 Å². The molecular weight excluding hydrogens is 356 g/mol. The molecule has 1 aromatic carbocycles. The fraction of sp³-hybridized carbons (Fsp3) is 0.353. The molecule has 0 heterocycles. The molecule has 10 nitrogen and oxygen atoms in total. The molecule has 0 aromatic heterocycles. The van der Waals surface area contributed by atoms with E-state index < -0.39 is 49.4 Å². The first-order valence-electron chi connectivity index (χ1n) is 8.12. The Labute approximate surface area is 155 Å². The minimum Gasteiger partial charge on any atom is -0.480 e. The van der Waals surface area contributed by atoms with Crippen molar-refractivity contribution in [2.75, 3.05) is 19.6 Å². The molecule has 146 valence electrons. The van der Waals surface area contributed by atoms with Crippen molar-refractivity contribution in [3.05, 3.63) is 35.9 Å². The van der Waals surface area contributed by atoms with Gasteiger partial charge in [-0.25, -0.2) is 0 Å². The van der Waals surface area contributed by atoms with Crippen molar-refractivity contribution in [2.45, 2.75) is 19.4 Å². The summed E-state index contributed by atoms with van der Waals surface area (Å²) in [7, 11) is 0. The first kappa shape index (κ1) is 21.6. The van der Waals surface area contributed by atoms with E-state index in [4.69, 9.17) is 5.11 Å². The van der Waals surface area contributed by atoms with Crippen molar-refractivity contribution in [3.8, 4) is 0 Å². The number of nitrogens with one attached hydrogen (secondary N) is 4. The lowest BCUT2D eigenvalue weighted by Crippen LogP contribution is -2.50. The van der Waals surface area contributed by atoms with Gasteiger partial charge in [0.15, 0.2) is 0 Å². The van der Waals surface area contributed by atoms with Gasteiger partial charge in [-0.2, -0.15) is 0 Å². The monoisotopic (exact) mass is 378 g/mol. The van der Waals surface area contributed by atoms with Crippen molar-refractivity contribution < 1.29 is 29.1 Å². The number of carboxylic acids is 1. The zero-order valence-electron chi connectivity index (χ0n) is 14.8. The number of carbonyl (C=O) groups excluding carboxylic acids is 4. The number of carbonyl (C=O) groups is 5. The lowest BCUT2D eigenvalue weighted by atomic mass is 10.1. The third kappa shape index (κ3) is 9.58. The van der Waals surface area contributed by atoms with Crippen LogP contribution in [0.3, 0.4) is 0 Å². The molecule has 0 aliphatic carbocycles. The van der Waals surface area contributed by atoms with Gasteiger partial charge in [-0.05, 0) is 5.56 Å². The van der Waals surface area contributed by atoms with Gasteiger partial charge >= 0.3 is 5.97 Å². The molecule has 0 saturated heterocycles. The summed E-state index contributed by atoms with van der Waals surface area (Å²) in [5.74, 6) is -3.43. The van der Waals surface area contributed by atoms with E-state index >= 15 is 0 Å². The maximum atomic E-state index is 12.3. The number of aliphatic carboxylic acids is 1. The number of hydrogen-bond donors (Lipinski definition) is 5. The molecule has 27 heavy (non-hydrogen) atoms. The maximum absolute atomic E-state index is 12.3. The Morgan fingerprint density at radius 2 is 1.44 bits per heavy atom. The van der Waals surface area contributed by atoms with E-state index in [2.05, 4.69) is 21.3 Å². The molecule has 0 saturated carbocycles. The second kappa shape index (κ2) is 11.2. The number of rotatable bonds is 10. The number of benzene rings is 1. The highest BCUT2D eigenvalue weighted by Gasteiger charge is 2.20. The summed E-state index contributed by atoms with van der Waals surface area (Å²) in [6, 6.07) is 8.21. The number of hydrogen-bond acceptors (Lipinski definition) is 5. The van der Waals surface area contributed by atoms with E-state index in [1.165, 1.54) is 6.92 Å². The molecule has 0 fully saturated rings. The predicted molar refractivity (Wildman–Crippen MR) is 94.4 cm³/mol. The molecule has 0 aliphatic rings. The normalized spacial score (nSPS) is 11.0. The molecule has 0 radical (unpaired) electrons. The topological polar surface area (TPSA) is 154 Å². The quantitative estimate of drug-likeness (QED) is 0.323. The van der Waals surface area contributed by atoms with Gasteiger partial charge in [0.25, 0.3) is 0 Å². The molecule has 0 aliphatic heterocycles. The molecular formula is C17H22N4O6. The highest BCUT2D eigenvalue weighted by Crippen LogP contribution is 2.03. The third-order valence-corrected chi connectivity index (χ3v) is 3.28. The van der Waals surface area contributed by atoms with Crippen LogP contribution in [-0.4, -0.2) is 60.4 Å². The van der Waals surface area contributed by atoms with Crippen molar-refractivity contribution in [1.82, 2.24) is 21.3 Å². The van der Waals surface area contributed by atoms with Crippen LogP contribution in [0, 0.1) is 0 Å². The summed E-state index contributed by atoms with van der Waals surface area (Å²) >= 11 is 0. The number of carboxylic acid groups (broad SMARTS) is 1. The highest BCUT2D eigenvalue weighted by atomic mass is 16.4. The van der Waals surface area contributed by atoms with Gasteiger partial charge in [-0.15, -0.1) is 0 Å². The van der Waals surface area contributed by atoms with Gasteiger partial charge < -0.3 is 26.4 Å². The Morgan fingerprint density at radius 1 is 0.889 bits per heavy atom. The minimum absolute atomic E-state index is 0.255. The first-order chi connectivity index (χ1) is 12.8. The average molecular weight is 378 g/mol. The van der Waals surface area contributed by atoms with Gasteiger partial charge in [-0.3, -0.25) is 24.0 Å². The largest absolute Gasteiger partial charge is 0.480 e. The Hall–Kier alpha value is -3.43. The highest BCUT2D eigenvalue weighted by molar-refractivity contribution is 5.91. The van der Waals surface area contributed by atoms with Gasteiger partial charge in [-0.1, -0.05) is 30.3 Å². The maximum Gasteiger partial charge on any atom is 0.322 e. The fourth-order valence-electron chi connectivity index (χ4n) is 2.07. The Bertz CT molecular complexity index is 692. The van der Waals surface area contributed by atoms with Crippen LogP contribution in [0.1, 0.15) is 12.5 Å². The lowest BCUT2D eigenvalue weighted by Gasteiger charge is -2.17. The van der Waals surface area contributed by atoms with Gasteiger partial charge in [0.2, 0.25) is 23.6 Å². The lowest BCUT2D eigenvalue weighted by molar-refractivity contribution is -0.137. The first-order valence-corrected chi connectivity index (χ1v) is 8.12. The van der Waals surface area contributed by atoms with Crippen LogP contribution in [0.4, 0.5) is 0 Å². The summed E-state index contributed by atoms with van der Waals surface area (Å²) in [6.45, 7) is -0.0753. The van der Waals surface area contributed by atoms with Crippen LogP contribution in [-0.2, 0) is 30.4 Å². The molecule has 0 bridgehead atoms. The molecule has 1 rings (SSSR count). The van der Waals surface area contributed by atoms with Crippen molar-refractivity contribution in [1.29, 1.82) is 0 Å². The van der Waals surface area contributed by atoms with E-state index in [1.807, 2.05) is 18.2 Å². The fourth-order valence-corrected chi connectivity index (χ4v) is 2.07. The van der Waals surface area contributed by atoms with Crippen LogP contribution in [0.2, 0.25) is 0 Å². The molecule has 10 heteroatoms. The number of amides is 4. The van der Waals surface area contributed by atoms with Crippen molar-refractivity contribution >= 4 is 29.6 Å². The van der Waals surface area contributed by atoms with E-state index in [1.54, 1.807) is 12.1 Å². The minimum atomic E-state index is -1.20. The van der Waals surface area contributed by atoms with E-state index in [-0.39, 0.29) is 12.3 Å².